The second-order valence-corrected chi connectivity index (χ2v) is 6.01. The molecule has 0 aliphatic carbocycles. The van der Waals surface area contributed by atoms with Crippen LogP contribution in [0.4, 0.5) is 5.13 Å². The van der Waals surface area contributed by atoms with Crippen LogP contribution in [0.2, 0.25) is 0 Å². The lowest BCUT2D eigenvalue weighted by Crippen LogP contribution is -2.40. The number of hydrogen-bond donors (Lipinski definition) is 0. The van der Waals surface area contributed by atoms with E-state index in [1.807, 2.05) is 0 Å². The summed E-state index contributed by atoms with van der Waals surface area (Å²) in [4.78, 5) is 7.51. The second-order valence-electron chi connectivity index (χ2n) is 4.00. The van der Waals surface area contributed by atoms with E-state index in [9.17, 15) is 0 Å². The molecule has 2 nitrogen and oxygen atoms in total. The van der Waals surface area contributed by atoms with Gasteiger partial charge in [0.2, 0.25) is 0 Å². The van der Waals surface area contributed by atoms with Gasteiger partial charge in [-0.3, -0.25) is 0 Å². The Morgan fingerprint density at radius 1 is 1.64 bits per heavy atom. The predicted molar refractivity (Wildman–Crippen MR) is 65.6 cm³/mol. The smallest absolute Gasteiger partial charge is 0.185 e. The van der Waals surface area contributed by atoms with Gasteiger partial charge in [0.05, 0.1) is 5.69 Å². The molecular formula is C10H15BrN2S. The molecule has 0 aromatic carbocycles. The summed E-state index contributed by atoms with van der Waals surface area (Å²) in [7, 11) is 0. The van der Waals surface area contributed by atoms with E-state index >= 15 is 0 Å². The van der Waals surface area contributed by atoms with E-state index in [1.54, 1.807) is 11.3 Å². The summed E-state index contributed by atoms with van der Waals surface area (Å²) in [6.45, 7) is 6.60. The molecule has 1 aromatic rings. The van der Waals surface area contributed by atoms with Crippen molar-refractivity contribution in [1.82, 2.24) is 4.98 Å². The van der Waals surface area contributed by atoms with Crippen LogP contribution in [0.1, 0.15) is 19.0 Å². The van der Waals surface area contributed by atoms with Gasteiger partial charge in [-0.1, -0.05) is 22.9 Å². The van der Waals surface area contributed by atoms with Crippen LogP contribution in [0.15, 0.2) is 5.38 Å². The first kappa shape index (κ1) is 10.4. The highest BCUT2D eigenvalue weighted by atomic mass is 79.9. The molecule has 0 bridgehead atoms. The number of rotatable bonds is 1. The zero-order chi connectivity index (χ0) is 10.1. The van der Waals surface area contributed by atoms with Crippen LogP contribution >= 0.6 is 27.3 Å². The summed E-state index contributed by atoms with van der Waals surface area (Å²) in [5.74, 6) is 0.785. The van der Waals surface area contributed by atoms with Crippen molar-refractivity contribution in [2.75, 3.05) is 18.0 Å². The average Bonchev–Trinajstić information content (AvgIpc) is 2.57. The molecule has 78 valence electrons. The first-order valence-electron chi connectivity index (χ1n) is 4.98. The fourth-order valence-corrected chi connectivity index (χ4v) is 3.14. The number of aromatic nitrogens is 1. The normalized spacial score (nSPS) is 28.1. The topological polar surface area (TPSA) is 16.1 Å². The van der Waals surface area contributed by atoms with Crippen molar-refractivity contribution in [3.63, 3.8) is 0 Å². The minimum absolute atomic E-state index is 0.612. The van der Waals surface area contributed by atoms with Crippen LogP contribution in [0.25, 0.3) is 0 Å². The Morgan fingerprint density at radius 2 is 2.43 bits per heavy atom. The van der Waals surface area contributed by atoms with Gasteiger partial charge >= 0.3 is 0 Å². The van der Waals surface area contributed by atoms with Gasteiger partial charge in [0.1, 0.15) is 0 Å². The molecule has 0 N–H and O–H groups in total. The number of aryl methyl sites for hydroxylation is 1. The van der Waals surface area contributed by atoms with E-state index in [-0.39, 0.29) is 0 Å². The third-order valence-electron chi connectivity index (χ3n) is 2.74. The van der Waals surface area contributed by atoms with Crippen LogP contribution in [-0.2, 0) is 0 Å². The van der Waals surface area contributed by atoms with E-state index in [0.29, 0.717) is 4.83 Å². The third-order valence-corrected chi connectivity index (χ3v) is 4.96. The maximum absolute atomic E-state index is 4.52. The minimum atomic E-state index is 0.612. The van der Waals surface area contributed by atoms with Gasteiger partial charge < -0.3 is 4.90 Å². The van der Waals surface area contributed by atoms with Crippen molar-refractivity contribution in [3.8, 4) is 0 Å². The Balaban J connectivity index is 2.06. The van der Waals surface area contributed by atoms with Crippen LogP contribution < -0.4 is 4.90 Å². The summed E-state index contributed by atoms with van der Waals surface area (Å²) < 4.78 is 0. The first-order chi connectivity index (χ1) is 6.66. The molecular weight excluding hydrogens is 260 g/mol. The molecule has 1 aliphatic rings. The maximum atomic E-state index is 4.52. The lowest BCUT2D eigenvalue weighted by molar-refractivity contribution is 0.456. The van der Waals surface area contributed by atoms with Crippen LogP contribution in [-0.4, -0.2) is 22.9 Å². The van der Waals surface area contributed by atoms with Crippen LogP contribution in [0.5, 0.6) is 0 Å². The molecule has 1 aromatic heterocycles. The molecule has 1 fully saturated rings. The van der Waals surface area contributed by atoms with Gasteiger partial charge in [-0.15, -0.1) is 11.3 Å². The second kappa shape index (κ2) is 4.19. The Bertz CT molecular complexity index is 313. The lowest BCUT2D eigenvalue weighted by atomic mass is 10.00. The third kappa shape index (κ3) is 2.11. The van der Waals surface area contributed by atoms with Crippen molar-refractivity contribution in [2.45, 2.75) is 25.1 Å². The molecule has 2 atom stereocenters. The molecule has 2 heterocycles. The Kier molecular flexibility index (Phi) is 3.12. The number of anilines is 1. The highest BCUT2D eigenvalue weighted by Crippen LogP contribution is 2.29. The molecule has 1 aliphatic heterocycles. The van der Waals surface area contributed by atoms with Gasteiger partial charge in [-0.2, -0.15) is 0 Å². The summed E-state index contributed by atoms with van der Waals surface area (Å²) in [5, 5.41) is 3.30. The summed E-state index contributed by atoms with van der Waals surface area (Å²) in [5.41, 5.74) is 1.13. The molecule has 0 saturated carbocycles. The lowest BCUT2D eigenvalue weighted by Gasteiger charge is -2.33. The monoisotopic (exact) mass is 274 g/mol. The summed E-state index contributed by atoms with van der Waals surface area (Å²) in [6, 6.07) is 0. The van der Waals surface area contributed by atoms with Gasteiger partial charge in [-0.25, -0.2) is 4.98 Å². The van der Waals surface area contributed by atoms with Crippen molar-refractivity contribution in [3.05, 3.63) is 11.1 Å². The van der Waals surface area contributed by atoms with E-state index in [2.05, 4.69) is 45.0 Å². The highest BCUT2D eigenvalue weighted by Gasteiger charge is 2.25. The molecule has 0 radical (unpaired) electrons. The minimum Gasteiger partial charge on any atom is -0.347 e. The average molecular weight is 275 g/mol. The number of alkyl halides is 1. The largest absolute Gasteiger partial charge is 0.347 e. The van der Waals surface area contributed by atoms with Gasteiger partial charge in [0, 0.05) is 23.3 Å². The Hall–Kier alpha value is -0.0900. The number of nitrogens with zero attached hydrogens (tertiary/aromatic N) is 2. The number of thiazole rings is 1. The molecule has 2 unspecified atom stereocenters. The van der Waals surface area contributed by atoms with E-state index in [1.165, 1.54) is 11.6 Å². The van der Waals surface area contributed by atoms with Crippen molar-refractivity contribution >= 4 is 32.4 Å². The van der Waals surface area contributed by atoms with Crippen molar-refractivity contribution in [1.29, 1.82) is 0 Å². The van der Waals surface area contributed by atoms with Crippen LogP contribution in [0.3, 0.4) is 0 Å². The van der Waals surface area contributed by atoms with E-state index in [4.69, 9.17) is 0 Å². The molecule has 14 heavy (non-hydrogen) atoms. The zero-order valence-corrected chi connectivity index (χ0v) is 10.9. The number of hydrogen-bond acceptors (Lipinski definition) is 3. The zero-order valence-electron chi connectivity index (χ0n) is 8.53. The van der Waals surface area contributed by atoms with Gasteiger partial charge in [-0.05, 0) is 19.3 Å². The van der Waals surface area contributed by atoms with Gasteiger partial charge in [0.15, 0.2) is 5.13 Å². The fourth-order valence-electron chi connectivity index (χ4n) is 1.68. The Labute approximate surface area is 97.5 Å². The number of piperidine rings is 1. The summed E-state index contributed by atoms with van der Waals surface area (Å²) in [6.07, 6.45) is 1.26. The summed E-state index contributed by atoms with van der Waals surface area (Å²) >= 11 is 5.49. The predicted octanol–water partition coefficient (Wildman–Crippen LogP) is 3.06. The first-order valence-corrected chi connectivity index (χ1v) is 6.77. The molecule has 2 rings (SSSR count). The molecule has 4 heteroatoms. The molecule has 0 spiro atoms. The van der Waals surface area contributed by atoms with E-state index in [0.717, 1.165) is 24.7 Å². The van der Waals surface area contributed by atoms with E-state index < -0.39 is 0 Å². The Morgan fingerprint density at radius 3 is 3.00 bits per heavy atom. The molecule has 1 saturated heterocycles. The standard InChI is InChI=1S/C10H15BrN2S/c1-7-3-4-13(5-9(7)11)10-12-8(2)6-14-10/h6-7,9H,3-5H2,1-2H3. The SMILES string of the molecule is Cc1csc(N2CCC(C)C(Br)C2)n1. The fraction of sp³-hybridized carbons (Fsp3) is 0.700. The van der Waals surface area contributed by atoms with Crippen molar-refractivity contribution < 1.29 is 0 Å². The molecule has 0 amide bonds. The number of halogens is 1. The van der Waals surface area contributed by atoms with Gasteiger partial charge in [0.25, 0.3) is 0 Å². The maximum Gasteiger partial charge on any atom is 0.185 e. The van der Waals surface area contributed by atoms with Crippen LogP contribution in [0, 0.1) is 12.8 Å². The quantitative estimate of drug-likeness (QED) is 0.732. The highest BCUT2D eigenvalue weighted by molar-refractivity contribution is 9.09. The van der Waals surface area contributed by atoms with Crippen molar-refractivity contribution in [2.24, 2.45) is 5.92 Å².